The normalized spacial score (nSPS) is 19.8. The lowest BCUT2D eigenvalue weighted by atomic mass is 10.2. The van der Waals surface area contributed by atoms with Crippen LogP contribution >= 0.6 is 11.8 Å². The van der Waals surface area contributed by atoms with E-state index >= 15 is 0 Å². The molecule has 5 heteroatoms. The highest BCUT2D eigenvalue weighted by atomic mass is 32.2. The minimum atomic E-state index is -0.0301. The number of hydrogen-bond donors (Lipinski definition) is 2. The molecule has 1 fully saturated rings. The maximum Gasteiger partial charge on any atom is 0.251 e. The third kappa shape index (κ3) is 4.66. The standard InChI is InChI=1S/C14H23N3OS/c1-10(2)8-15-9-11-7-13(18)17-14(16-11)12-5-3-4-6-19-12/h7,10,12,15H,3-6,8-9H2,1-2H3,(H,16,17,18). The molecule has 1 unspecified atom stereocenters. The third-order valence-electron chi connectivity index (χ3n) is 3.16. The molecule has 0 aliphatic carbocycles. The van der Waals surface area contributed by atoms with E-state index in [4.69, 9.17) is 0 Å². The Morgan fingerprint density at radius 1 is 1.53 bits per heavy atom. The van der Waals surface area contributed by atoms with Crippen molar-refractivity contribution in [2.24, 2.45) is 5.92 Å². The molecule has 1 aromatic heterocycles. The van der Waals surface area contributed by atoms with Crippen molar-refractivity contribution in [2.75, 3.05) is 12.3 Å². The molecule has 0 saturated carbocycles. The van der Waals surface area contributed by atoms with Crippen molar-refractivity contribution in [3.63, 3.8) is 0 Å². The molecule has 1 aliphatic heterocycles. The minimum absolute atomic E-state index is 0.0301. The summed E-state index contributed by atoms with van der Waals surface area (Å²) in [6, 6.07) is 1.60. The Hall–Kier alpha value is -0.810. The zero-order valence-electron chi connectivity index (χ0n) is 11.7. The molecule has 0 bridgehead atoms. The highest BCUT2D eigenvalue weighted by Crippen LogP contribution is 2.36. The molecule has 1 saturated heterocycles. The predicted octanol–water partition coefficient (Wildman–Crippen LogP) is 2.47. The van der Waals surface area contributed by atoms with Gasteiger partial charge in [-0.2, -0.15) is 11.8 Å². The van der Waals surface area contributed by atoms with Crippen LogP contribution in [0.3, 0.4) is 0 Å². The quantitative estimate of drug-likeness (QED) is 0.870. The number of nitrogens with zero attached hydrogens (tertiary/aromatic N) is 1. The van der Waals surface area contributed by atoms with Gasteiger partial charge in [0.1, 0.15) is 5.82 Å². The summed E-state index contributed by atoms with van der Waals surface area (Å²) in [7, 11) is 0. The third-order valence-corrected chi connectivity index (χ3v) is 4.54. The molecule has 2 N–H and O–H groups in total. The van der Waals surface area contributed by atoms with Crippen LogP contribution in [0.4, 0.5) is 0 Å². The first-order valence-corrected chi connectivity index (χ1v) is 8.12. The van der Waals surface area contributed by atoms with Crippen molar-refractivity contribution in [1.29, 1.82) is 0 Å². The van der Waals surface area contributed by atoms with Crippen LogP contribution in [-0.4, -0.2) is 22.3 Å². The summed E-state index contributed by atoms with van der Waals surface area (Å²) >= 11 is 1.91. The average molecular weight is 281 g/mol. The van der Waals surface area contributed by atoms with Crippen molar-refractivity contribution in [2.45, 2.75) is 44.9 Å². The molecule has 2 rings (SSSR count). The predicted molar refractivity (Wildman–Crippen MR) is 80.5 cm³/mol. The van der Waals surface area contributed by atoms with Crippen LogP contribution < -0.4 is 10.9 Å². The van der Waals surface area contributed by atoms with Crippen LogP contribution in [0.25, 0.3) is 0 Å². The van der Waals surface area contributed by atoms with E-state index < -0.39 is 0 Å². The topological polar surface area (TPSA) is 57.8 Å². The molecule has 106 valence electrons. The molecule has 0 radical (unpaired) electrons. The maximum absolute atomic E-state index is 11.7. The van der Waals surface area contributed by atoms with E-state index in [2.05, 4.69) is 29.1 Å². The molecule has 0 amide bonds. The molecular formula is C14H23N3OS. The summed E-state index contributed by atoms with van der Waals surface area (Å²) < 4.78 is 0. The van der Waals surface area contributed by atoms with Gasteiger partial charge in [-0.15, -0.1) is 0 Å². The van der Waals surface area contributed by atoms with Gasteiger partial charge in [-0.3, -0.25) is 4.79 Å². The fourth-order valence-corrected chi connectivity index (χ4v) is 3.48. The van der Waals surface area contributed by atoms with Crippen LogP contribution in [0.5, 0.6) is 0 Å². The van der Waals surface area contributed by atoms with Crippen LogP contribution in [-0.2, 0) is 6.54 Å². The van der Waals surface area contributed by atoms with Crippen molar-refractivity contribution >= 4 is 11.8 Å². The lowest BCUT2D eigenvalue weighted by Gasteiger charge is -2.20. The molecule has 4 nitrogen and oxygen atoms in total. The van der Waals surface area contributed by atoms with Crippen molar-refractivity contribution < 1.29 is 0 Å². The van der Waals surface area contributed by atoms with Gasteiger partial charge in [0.05, 0.1) is 10.9 Å². The summed E-state index contributed by atoms with van der Waals surface area (Å²) in [5.74, 6) is 2.64. The molecule has 0 spiro atoms. The summed E-state index contributed by atoms with van der Waals surface area (Å²) in [5.41, 5.74) is 0.822. The van der Waals surface area contributed by atoms with Crippen molar-refractivity contribution in [1.82, 2.24) is 15.3 Å². The van der Waals surface area contributed by atoms with E-state index in [-0.39, 0.29) is 5.56 Å². The first-order chi connectivity index (χ1) is 9.15. The Morgan fingerprint density at radius 2 is 2.37 bits per heavy atom. The Labute approximate surface area is 118 Å². The molecular weight excluding hydrogens is 258 g/mol. The van der Waals surface area contributed by atoms with Gasteiger partial charge >= 0.3 is 0 Å². The van der Waals surface area contributed by atoms with Gasteiger partial charge in [-0.1, -0.05) is 20.3 Å². The monoisotopic (exact) mass is 281 g/mol. The van der Waals surface area contributed by atoms with Crippen LogP contribution in [0.2, 0.25) is 0 Å². The van der Waals surface area contributed by atoms with E-state index in [1.165, 1.54) is 18.6 Å². The van der Waals surface area contributed by atoms with E-state index in [0.717, 1.165) is 24.5 Å². The van der Waals surface area contributed by atoms with Gasteiger partial charge in [0, 0.05) is 12.6 Å². The number of aromatic nitrogens is 2. The Kier molecular flexibility index (Phi) is 5.45. The number of rotatable bonds is 5. The van der Waals surface area contributed by atoms with Crippen molar-refractivity contribution in [3.8, 4) is 0 Å². The second kappa shape index (κ2) is 7.10. The molecule has 1 aliphatic rings. The highest BCUT2D eigenvalue weighted by molar-refractivity contribution is 7.99. The van der Waals surface area contributed by atoms with Gasteiger partial charge in [0.15, 0.2) is 0 Å². The summed E-state index contributed by atoms with van der Waals surface area (Å²) in [6.07, 6.45) is 3.63. The Bertz CT molecular complexity index is 452. The Balaban J connectivity index is 2.03. The number of thioether (sulfide) groups is 1. The lowest BCUT2D eigenvalue weighted by molar-refractivity contribution is 0.545. The van der Waals surface area contributed by atoms with E-state index in [1.54, 1.807) is 6.07 Å². The number of H-pyrrole nitrogens is 1. The van der Waals surface area contributed by atoms with Gasteiger partial charge in [0.2, 0.25) is 0 Å². The maximum atomic E-state index is 11.7. The van der Waals surface area contributed by atoms with E-state index in [9.17, 15) is 4.79 Å². The Morgan fingerprint density at radius 3 is 3.05 bits per heavy atom. The SMILES string of the molecule is CC(C)CNCc1cc(=O)[nH]c(C2CCCCS2)n1. The van der Waals surface area contributed by atoms with Gasteiger partial charge in [-0.05, 0) is 31.1 Å². The smallest absolute Gasteiger partial charge is 0.251 e. The first kappa shape index (κ1) is 14.6. The molecule has 1 atom stereocenters. The minimum Gasteiger partial charge on any atom is -0.311 e. The first-order valence-electron chi connectivity index (χ1n) is 7.07. The van der Waals surface area contributed by atoms with Gasteiger partial charge in [-0.25, -0.2) is 4.98 Å². The summed E-state index contributed by atoms with van der Waals surface area (Å²) in [5, 5.41) is 3.70. The fourth-order valence-electron chi connectivity index (χ4n) is 2.22. The van der Waals surface area contributed by atoms with Gasteiger partial charge in [0.25, 0.3) is 5.56 Å². The zero-order chi connectivity index (χ0) is 13.7. The molecule has 19 heavy (non-hydrogen) atoms. The molecule has 0 aromatic carbocycles. The summed E-state index contributed by atoms with van der Waals surface area (Å²) in [4.78, 5) is 19.2. The second-order valence-corrected chi connectivity index (χ2v) is 6.81. The molecule has 2 heterocycles. The number of nitrogens with one attached hydrogen (secondary N) is 2. The summed E-state index contributed by atoms with van der Waals surface area (Å²) in [6.45, 7) is 5.96. The fraction of sp³-hybridized carbons (Fsp3) is 0.714. The largest absolute Gasteiger partial charge is 0.311 e. The van der Waals surface area contributed by atoms with Crippen LogP contribution in [0.15, 0.2) is 10.9 Å². The zero-order valence-corrected chi connectivity index (χ0v) is 12.6. The van der Waals surface area contributed by atoms with Crippen LogP contribution in [0, 0.1) is 5.92 Å². The van der Waals surface area contributed by atoms with E-state index in [0.29, 0.717) is 17.7 Å². The number of hydrogen-bond acceptors (Lipinski definition) is 4. The van der Waals surface area contributed by atoms with Gasteiger partial charge < -0.3 is 10.3 Å². The highest BCUT2D eigenvalue weighted by Gasteiger charge is 2.18. The average Bonchev–Trinajstić information content (AvgIpc) is 2.39. The van der Waals surface area contributed by atoms with Crippen molar-refractivity contribution in [3.05, 3.63) is 27.9 Å². The van der Waals surface area contributed by atoms with Crippen LogP contribution in [0.1, 0.15) is 49.9 Å². The van der Waals surface area contributed by atoms with E-state index in [1.807, 2.05) is 11.8 Å². The number of aromatic amines is 1. The lowest BCUT2D eigenvalue weighted by Crippen LogP contribution is -2.23. The second-order valence-electron chi connectivity index (χ2n) is 5.50. The molecule has 1 aromatic rings.